The third-order valence-corrected chi connectivity index (χ3v) is 2.67. The molecule has 0 saturated carbocycles. The normalized spacial score (nSPS) is 9.88. The fraction of sp³-hybridized carbons (Fsp3) is 0.200. The number of aliphatic carboxylic acids is 1. The van der Waals surface area contributed by atoms with Crippen LogP contribution in [0.2, 0.25) is 0 Å². The lowest BCUT2D eigenvalue weighted by Crippen LogP contribution is -2.26. The average molecular weight is 288 g/mol. The zero-order valence-corrected chi connectivity index (χ0v) is 10.1. The zero-order chi connectivity index (χ0) is 12.1. The average Bonchev–Trinajstić information content (AvgIpc) is 2.21. The fourth-order valence-corrected chi connectivity index (χ4v) is 1.25. The van der Waals surface area contributed by atoms with Crippen molar-refractivity contribution in [3.05, 3.63) is 33.8 Å². The van der Waals surface area contributed by atoms with Crippen molar-refractivity contribution in [2.45, 2.75) is 6.92 Å². The van der Waals surface area contributed by atoms with E-state index in [0.717, 1.165) is 10.0 Å². The van der Waals surface area contributed by atoms with E-state index in [1.54, 1.807) is 18.2 Å². The van der Waals surface area contributed by atoms with Crippen LogP contribution in [0.15, 0.2) is 22.7 Å². The van der Waals surface area contributed by atoms with Gasteiger partial charge in [0.15, 0.2) is 6.61 Å². The predicted molar refractivity (Wildman–Crippen MR) is 59.9 cm³/mol. The molecule has 0 aliphatic heterocycles. The number of aryl methyl sites for hydroxylation is 1. The van der Waals surface area contributed by atoms with Crippen LogP contribution >= 0.6 is 15.9 Å². The van der Waals surface area contributed by atoms with Crippen LogP contribution < -0.4 is 5.48 Å². The number of hydrogen-bond acceptors (Lipinski definition) is 3. The number of benzene rings is 1. The Morgan fingerprint density at radius 3 is 2.75 bits per heavy atom. The lowest BCUT2D eigenvalue weighted by Gasteiger charge is -2.05. The Balaban J connectivity index is 2.59. The van der Waals surface area contributed by atoms with Crippen LogP contribution in [0.5, 0.6) is 0 Å². The minimum Gasteiger partial charge on any atom is -0.479 e. The predicted octanol–water partition coefficient (Wildman–Crippen LogP) is 1.50. The molecule has 0 radical (unpaired) electrons. The van der Waals surface area contributed by atoms with Gasteiger partial charge in [-0.1, -0.05) is 15.9 Å². The lowest BCUT2D eigenvalue weighted by atomic mass is 10.1. The van der Waals surface area contributed by atoms with Gasteiger partial charge in [-0.25, -0.2) is 10.3 Å². The van der Waals surface area contributed by atoms with Crippen molar-refractivity contribution in [3.63, 3.8) is 0 Å². The number of carboxylic acids is 1. The molecule has 0 saturated heterocycles. The Morgan fingerprint density at radius 2 is 2.19 bits per heavy atom. The van der Waals surface area contributed by atoms with Gasteiger partial charge in [0.2, 0.25) is 0 Å². The van der Waals surface area contributed by atoms with Gasteiger partial charge >= 0.3 is 5.97 Å². The largest absolute Gasteiger partial charge is 0.479 e. The van der Waals surface area contributed by atoms with Gasteiger partial charge in [0.05, 0.1) is 0 Å². The summed E-state index contributed by atoms with van der Waals surface area (Å²) in [4.78, 5) is 26.0. The number of carbonyl (C=O) groups excluding carboxylic acids is 1. The molecule has 16 heavy (non-hydrogen) atoms. The summed E-state index contributed by atoms with van der Waals surface area (Å²) >= 11 is 3.31. The van der Waals surface area contributed by atoms with E-state index < -0.39 is 18.5 Å². The molecular weight excluding hydrogens is 278 g/mol. The molecule has 0 aliphatic carbocycles. The van der Waals surface area contributed by atoms with Crippen LogP contribution in [-0.2, 0) is 9.63 Å². The molecule has 0 atom stereocenters. The Labute approximate surface area is 100 Å². The number of amides is 1. The maximum atomic E-state index is 11.4. The molecule has 2 N–H and O–H groups in total. The number of rotatable bonds is 4. The van der Waals surface area contributed by atoms with E-state index in [9.17, 15) is 9.59 Å². The number of hydrogen-bond donors (Lipinski definition) is 2. The van der Waals surface area contributed by atoms with E-state index in [1.807, 2.05) is 12.4 Å². The van der Waals surface area contributed by atoms with Crippen molar-refractivity contribution >= 4 is 27.8 Å². The molecule has 1 rings (SSSR count). The molecule has 0 heterocycles. The van der Waals surface area contributed by atoms with Crippen molar-refractivity contribution < 1.29 is 19.5 Å². The van der Waals surface area contributed by atoms with Gasteiger partial charge in [0.1, 0.15) is 0 Å². The highest BCUT2D eigenvalue weighted by molar-refractivity contribution is 9.10. The maximum absolute atomic E-state index is 11.4. The molecule has 0 unspecified atom stereocenters. The molecule has 0 aliphatic rings. The first-order chi connectivity index (χ1) is 7.50. The molecule has 0 spiro atoms. The van der Waals surface area contributed by atoms with Crippen LogP contribution in [0.1, 0.15) is 15.9 Å². The topological polar surface area (TPSA) is 75.6 Å². The minimum atomic E-state index is -1.15. The van der Waals surface area contributed by atoms with Crippen LogP contribution in [0.25, 0.3) is 0 Å². The van der Waals surface area contributed by atoms with Gasteiger partial charge < -0.3 is 5.11 Å². The van der Waals surface area contributed by atoms with Crippen molar-refractivity contribution in [3.8, 4) is 0 Å². The summed E-state index contributed by atoms with van der Waals surface area (Å²) in [5.74, 6) is -1.62. The van der Waals surface area contributed by atoms with Gasteiger partial charge in [0.25, 0.3) is 5.91 Å². The molecule has 1 aromatic carbocycles. The third-order valence-electron chi connectivity index (χ3n) is 1.78. The first-order valence-electron chi connectivity index (χ1n) is 4.41. The highest BCUT2D eigenvalue weighted by Crippen LogP contribution is 2.16. The molecule has 86 valence electrons. The van der Waals surface area contributed by atoms with Crippen molar-refractivity contribution in [2.24, 2.45) is 0 Å². The smallest absolute Gasteiger partial charge is 0.332 e. The summed E-state index contributed by atoms with van der Waals surface area (Å²) in [5, 5.41) is 8.29. The van der Waals surface area contributed by atoms with Crippen molar-refractivity contribution in [1.82, 2.24) is 5.48 Å². The van der Waals surface area contributed by atoms with E-state index in [0.29, 0.717) is 5.56 Å². The van der Waals surface area contributed by atoms with Crippen molar-refractivity contribution in [1.29, 1.82) is 0 Å². The zero-order valence-electron chi connectivity index (χ0n) is 8.49. The summed E-state index contributed by atoms with van der Waals surface area (Å²) in [7, 11) is 0. The van der Waals surface area contributed by atoms with E-state index in [2.05, 4.69) is 20.8 Å². The van der Waals surface area contributed by atoms with Crippen LogP contribution in [0, 0.1) is 6.92 Å². The number of carboxylic acid groups (broad SMARTS) is 1. The lowest BCUT2D eigenvalue weighted by molar-refractivity contribution is -0.144. The summed E-state index contributed by atoms with van der Waals surface area (Å²) in [6.07, 6.45) is 0. The van der Waals surface area contributed by atoms with E-state index in [-0.39, 0.29) is 0 Å². The monoisotopic (exact) mass is 287 g/mol. The quantitative estimate of drug-likeness (QED) is 0.823. The van der Waals surface area contributed by atoms with Gasteiger partial charge in [-0.3, -0.25) is 9.63 Å². The first-order valence-corrected chi connectivity index (χ1v) is 5.20. The first kappa shape index (κ1) is 12.7. The number of halogens is 1. The minimum absolute atomic E-state index is 0.408. The van der Waals surface area contributed by atoms with Crippen LogP contribution in [0.4, 0.5) is 0 Å². The van der Waals surface area contributed by atoms with Gasteiger partial charge in [-0.05, 0) is 30.7 Å². The molecule has 5 nitrogen and oxygen atoms in total. The van der Waals surface area contributed by atoms with Gasteiger partial charge in [-0.15, -0.1) is 0 Å². The number of carbonyl (C=O) groups is 2. The SMILES string of the molecule is Cc1cc(C(=O)NOCC(=O)O)ccc1Br. The Bertz CT molecular complexity index is 419. The number of hydroxylamine groups is 1. The van der Waals surface area contributed by atoms with Gasteiger partial charge in [0, 0.05) is 10.0 Å². The third kappa shape index (κ3) is 3.63. The highest BCUT2D eigenvalue weighted by atomic mass is 79.9. The fourth-order valence-electron chi connectivity index (χ4n) is 1.01. The molecule has 0 fully saturated rings. The number of nitrogens with one attached hydrogen (secondary N) is 1. The standard InChI is InChI=1S/C10H10BrNO4/c1-6-4-7(2-3-8(6)11)10(15)12-16-5-9(13)14/h2-4H,5H2,1H3,(H,12,15)(H,13,14). The maximum Gasteiger partial charge on any atom is 0.332 e. The molecule has 0 aromatic heterocycles. The molecule has 0 bridgehead atoms. The van der Waals surface area contributed by atoms with E-state index in [1.165, 1.54) is 0 Å². The van der Waals surface area contributed by atoms with Gasteiger partial charge in [-0.2, -0.15) is 0 Å². The molecule has 6 heteroatoms. The Kier molecular flexibility index (Phi) is 4.45. The second-order valence-corrected chi connectivity index (χ2v) is 3.93. The molecule has 1 amide bonds. The second-order valence-electron chi connectivity index (χ2n) is 3.08. The summed E-state index contributed by atoms with van der Waals surface area (Å²) in [5.41, 5.74) is 3.36. The second kappa shape index (κ2) is 5.62. The Morgan fingerprint density at radius 1 is 1.50 bits per heavy atom. The van der Waals surface area contributed by atoms with Crippen molar-refractivity contribution in [2.75, 3.05) is 6.61 Å². The Hall–Kier alpha value is -1.40. The van der Waals surface area contributed by atoms with Crippen LogP contribution in [-0.4, -0.2) is 23.6 Å². The summed E-state index contributed by atoms with van der Waals surface area (Å²) in [6, 6.07) is 5.02. The summed E-state index contributed by atoms with van der Waals surface area (Å²) in [6.45, 7) is 1.28. The summed E-state index contributed by atoms with van der Waals surface area (Å²) < 4.78 is 0.899. The molecule has 1 aromatic rings. The molecular formula is C10H10BrNO4. The van der Waals surface area contributed by atoms with E-state index in [4.69, 9.17) is 5.11 Å². The van der Waals surface area contributed by atoms with E-state index >= 15 is 0 Å². The van der Waals surface area contributed by atoms with Crippen LogP contribution in [0.3, 0.4) is 0 Å². The highest BCUT2D eigenvalue weighted by Gasteiger charge is 2.07.